The van der Waals surface area contributed by atoms with Crippen LogP contribution in [-0.4, -0.2) is 3.79 Å². The number of hydrogen-bond acceptors (Lipinski definition) is 0. The van der Waals surface area contributed by atoms with Gasteiger partial charge in [-0.25, -0.2) is 0 Å². The van der Waals surface area contributed by atoms with Crippen molar-refractivity contribution in [1.29, 1.82) is 0 Å². The molecule has 3 heteroatoms. The van der Waals surface area contributed by atoms with Crippen LogP contribution in [0.25, 0.3) is 0 Å². The molecule has 0 heterocycles. The van der Waals surface area contributed by atoms with Gasteiger partial charge in [0, 0.05) is 5.92 Å². The predicted octanol–water partition coefficient (Wildman–Crippen LogP) is 4.53. The monoisotopic (exact) mass is 215 g/mol. The summed E-state index contributed by atoms with van der Waals surface area (Å²) in [5.41, 5.74) is 0. The molecule has 1 radical (unpaired) electrons. The minimum atomic E-state index is -1.16. The van der Waals surface area contributed by atoms with Gasteiger partial charge in [-0.2, -0.15) is 0 Å². The van der Waals surface area contributed by atoms with E-state index in [1.54, 1.807) is 0 Å². The first-order valence-corrected chi connectivity index (χ1v) is 5.01. The molecule has 0 aliphatic carbocycles. The summed E-state index contributed by atoms with van der Waals surface area (Å²) in [6.45, 7) is 4.05. The van der Waals surface area contributed by atoms with Gasteiger partial charge in [-0.05, 0) is 6.42 Å². The van der Waals surface area contributed by atoms with Crippen LogP contribution in [0.3, 0.4) is 0 Å². The Hall–Kier alpha value is 0.870. The number of halogens is 3. The van der Waals surface area contributed by atoms with Crippen LogP contribution in [0, 0.1) is 5.92 Å². The molecule has 0 bridgehead atoms. The number of rotatable bonds is 4. The highest BCUT2D eigenvalue weighted by Gasteiger charge is 2.28. The second-order valence-corrected chi connectivity index (χ2v) is 5.02. The Morgan fingerprint density at radius 3 is 2.09 bits per heavy atom. The molecule has 11 heavy (non-hydrogen) atoms. The summed E-state index contributed by atoms with van der Waals surface area (Å²) in [5.74, 6) is 0.941. The van der Waals surface area contributed by atoms with Crippen molar-refractivity contribution in [2.24, 2.45) is 0 Å². The zero-order valence-corrected chi connectivity index (χ0v) is 9.23. The van der Waals surface area contributed by atoms with Gasteiger partial charge < -0.3 is 0 Å². The summed E-state index contributed by atoms with van der Waals surface area (Å²) < 4.78 is -1.16. The molecule has 0 amide bonds. The van der Waals surface area contributed by atoms with Crippen LogP contribution in [0.5, 0.6) is 0 Å². The Morgan fingerprint density at radius 1 is 1.18 bits per heavy atom. The van der Waals surface area contributed by atoms with E-state index in [-0.39, 0.29) is 0 Å². The van der Waals surface area contributed by atoms with E-state index in [4.69, 9.17) is 34.8 Å². The highest BCUT2D eigenvalue weighted by molar-refractivity contribution is 6.69. The lowest BCUT2D eigenvalue weighted by Crippen LogP contribution is -2.12. The van der Waals surface area contributed by atoms with E-state index >= 15 is 0 Å². The van der Waals surface area contributed by atoms with E-state index in [0.717, 1.165) is 18.8 Å². The van der Waals surface area contributed by atoms with Crippen LogP contribution >= 0.6 is 34.8 Å². The molecular weight excluding hydrogens is 202 g/mol. The maximum Gasteiger partial charge on any atom is 0.196 e. The quantitative estimate of drug-likeness (QED) is 0.478. The van der Waals surface area contributed by atoms with E-state index in [2.05, 4.69) is 6.92 Å². The van der Waals surface area contributed by atoms with E-state index in [9.17, 15) is 0 Å². The van der Waals surface area contributed by atoms with Crippen molar-refractivity contribution in [3.8, 4) is 0 Å². The maximum absolute atomic E-state index is 5.66. The van der Waals surface area contributed by atoms with E-state index in [1.807, 2.05) is 6.92 Å². The number of alkyl halides is 3. The molecule has 0 nitrogen and oxygen atoms in total. The average molecular weight is 217 g/mol. The topological polar surface area (TPSA) is 0 Å². The van der Waals surface area contributed by atoms with E-state index in [0.29, 0.717) is 0 Å². The molecule has 0 saturated carbocycles. The third-order valence-electron chi connectivity index (χ3n) is 1.64. The molecule has 0 unspecified atom stereocenters. The minimum absolute atomic E-state index is 0.921. The molecule has 67 valence electrons. The summed E-state index contributed by atoms with van der Waals surface area (Å²) in [7, 11) is 0. The van der Waals surface area contributed by atoms with Gasteiger partial charge in [0.2, 0.25) is 0 Å². The van der Waals surface area contributed by atoms with Gasteiger partial charge in [-0.3, -0.25) is 0 Å². The maximum atomic E-state index is 5.66. The predicted molar refractivity (Wildman–Crippen MR) is 53.3 cm³/mol. The fourth-order valence-electron chi connectivity index (χ4n) is 0.782. The molecule has 0 fully saturated rings. The van der Waals surface area contributed by atoms with Crippen molar-refractivity contribution in [3.63, 3.8) is 0 Å². The Kier molecular flexibility index (Phi) is 5.94. The van der Waals surface area contributed by atoms with Gasteiger partial charge in [0.1, 0.15) is 0 Å². The van der Waals surface area contributed by atoms with Crippen LogP contribution in [-0.2, 0) is 0 Å². The molecule has 0 atom stereocenters. The number of hydrogen-bond donors (Lipinski definition) is 0. The van der Waals surface area contributed by atoms with E-state index in [1.165, 1.54) is 12.8 Å². The molecule has 0 spiro atoms. The summed E-state index contributed by atoms with van der Waals surface area (Å²) in [6, 6.07) is 0. The lowest BCUT2D eigenvalue weighted by molar-refractivity contribution is 0.664. The summed E-state index contributed by atoms with van der Waals surface area (Å²) >= 11 is 17.0. The normalized spacial score (nSPS) is 12.5. The van der Waals surface area contributed by atoms with E-state index < -0.39 is 3.79 Å². The molecule has 0 N–H and O–H groups in total. The van der Waals surface area contributed by atoms with Gasteiger partial charge in [-0.1, -0.05) is 67.9 Å². The third kappa shape index (κ3) is 6.07. The average Bonchev–Trinajstić information content (AvgIpc) is 1.86. The zero-order chi connectivity index (χ0) is 8.91. The van der Waals surface area contributed by atoms with Crippen molar-refractivity contribution in [1.82, 2.24) is 0 Å². The molecule has 0 aromatic heterocycles. The molecule has 0 aromatic carbocycles. The van der Waals surface area contributed by atoms with Crippen molar-refractivity contribution < 1.29 is 0 Å². The van der Waals surface area contributed by atoms with Gasteiger partial charge >= 0.3 is 0 Å². The third-order valence-corrected chi connectivity index (χ3v) is 2.61. The zero-order valence-electron chi connectivity index (χ0n) is 6.96. The first kappa shape index (κ1) is 11.9. The van der Waals surface area contributed by atoms with Crippen molar-refractivity contribution in [3.05, 3.63) is 5.92 Å². The molecular formula is C8H14Cl3. The summed E-state index contributed by atoms with van der Waals surface area (Å²) in [6.07, 6.45) is 4.45. The molecule has 0 aliphatic heterocycles. The second kappa shape index (κ2) is 5.50. The van der Waals surface area contributed by atoms with Gasteiger partial charge in [0.05, 0.1) is 0 Å². The van der Waals surface area contributed by atoms with Crippen molar-refractivity contribution >= 4 is 34.8 Å². The fourth-order valence-corrected chi connectivity index (χ4v) is 1.07. The molecule has 0 rings (SSSR count). The Labute approximate surface area is 84.2 Å². The van der Waals surface area contributed by atoms with Crippen LogP contribution in [0.4, 0.5) is 0 Å². The SMILES string of the molecule is CCCCC[C](C)C(Cl)(Cl)Cl. The lowest BCUT2D eigenvalue weighted by Gasteiger charge is -2.18. The van der Waals surface area contributed by atoms with Gasteiger partial charge in [-0.15, -0.1) is 0 Å². The summed E-state index contributed by atoms with van der Waals surface area (Å²) in [4.78, 5) is 0. The largest absolute Gasteiger partial charge is 0.196 e. The van der Waals surface area contributed by atoms with Crippen molar-refractivity contribution in [2.75, 3.05) is 0 Å². The van der Waals surface area contributed by atoms with Gasteiger partial charge in [0.15, 0.2) is 3.79 Å². The lowest BCUT2D eigenvalue weighted by atomic mass is 10.1. The van der Waals surface area contributed by atoms with Gasteiger partial charge in [0.25, 0.3) is 0 Å². The van der Waals surface area contributed by atoms with Crippen LogP contribution in [0.2, 0.25) is 0 Å². The molecule has 0 aromatic rings. The van der Waals surface area contributed by atoms with Crippen LogP contribution < -0.4 is 0 Å². The number of unbranched alkanes of at least 4 members (excludes halogenated alkanes) is 2. The second-order valence-electron chi connectivity index (χ2n) is 2.74. The Morgan fingerprint density at radius 2 is 1.73 bits per heavy atom. The highest BCUT2D eigenvalue weighted by atomic mass is 35.6. The van der Waals surface area contributed by atoms with Crippen molar-refractivity contribution in [2.45, 2.75) is 43.3 Å². The minimum Gasteiger partial charge on any atom is -0.0830 e. The first-order chi connectivity index (χ1) is 4.98. The van der Waals surface area contributed by atoms with Crippen LogP contribution in [0.1, 0.15) is 39.5 Å². The van der Waals surface area contributed by atoms with Crippen LogP contribution in [0.15, 0.2) is 0 Å². The summed E-state index contributed by atoms with van der Waals surface area (Å²) in [5, 5.41) is 0. The fraction of sp³-hybridized carbons (Fsp3) is 0.875. The molecule has 0 aliphatic rings. The molecule has 0 saturated heterocycles. The first-order valence-electron chi connectivity index (χ1n) is 3.88. The smallest absolute Gasteiger partial charge is 0.0830 e. The highest BCUT2D eigenvalue weighted by Crippen LogP contribution is 2.38. The Balaban J connectivity index is 3.44. The standard InChI is InChI=1S/C8H14Cl3/c1-3-4-5-6-7(2)8(9,10)11/h3-6H2,1-2H3. The Bertz CT molecular complexity index is 96.0.